The number of unbranched alkanes of at least 4 members (excludes halogenated alkanes) is 5. The molecule has 3 aromatic carbocycles. The van der Waals surface area contributed by atoms with Gasteiger partial charge in [-0.15, -0.1) is 0 Å². The van der Waals surface area contributed by atoms with Gasteiger partial charge in [0.2, 0.25) is 0 Å². The quantitative estimate of drug-likeness (QED) is 0.165. The van der Waals surface area contributed by atoms with Crippen molar-refractivity contribution in [1.82, 2.24) is 0 Å². The molecule has 0 N–H and O–H groups in total. The lowest BCUT2D eigenvalue weighted by Crippen LogP contribution is -2.28. The normalized spacial score (nSPS) is 15.4. The van der Waals surface area contributed by atoms with Crippen LogP contribution in [0.2, 0.25) is 0 Å². The van der Waals surface area contributed by atoms with Crippen molar-refractivity contribution in [3.8, 4) is 11.5 Å². The predicted octanol–water partition coefficient (Wildman–Crippen LogP) is 8.63. The lowest BCUT2D eigenvalue weighted by Gasteiger charge is -2.15. The van der Waals surface area contributed by atoms with E-state index in [9.17, 15) is 4.79 Å². The number of hydrogen-bond donors (Lipinski definition) is 0. The maximum atomic E-state index is 13.6. The monoisotopic (exact) mass is 528 g/mol. The predicted molar refractivity (Wildman–Crippen MR) is 160 cm³/mol. The Hall–Kier alpha value is -3.51. The van der Waals surface area contributed by atoms with Gasteiger partial charge < -0.3 is 9.47 Å². The van der Waals surface area contributed by atoms with Crippen LogP contribution in [-0.2, 0) is 4.79 Å². The zero-order valence-corrected chi connectivity index (χ0v) is 23.1. The molecule has 1 amide bonds. The Morgan fingerprint density at radius 3 is 2.26 bits per heavy atom. The number of thioether (sulfide) groups is 1. The van der Waals surface area contributed by atoms with E-state index in [4.69, 9.17) is 14.5 Å². The van der Waals surface area contributed by atoms with Gasteiger partial charge in [-0.2, -0.15) is 0 Å². The Kier molecular flexibility index (Phi) is 10.5. The number of rotatable bonds is 13. The molecule has 38 heavy (non-hydrogen) atoms. The number of benzene rings is 3. The highest BCUT2D eigenvalue weighted by atomic mass is 32.2. The lowest BCUT2D eigenvalue weighted by atomic mass is 10.1. The second-order valence-electron chi connectivity index (χ2n) is 9.07. The highest BCUT2D eigenvalue weighted by molar-refractivity contribution is 8.19. The van der Waals surface area contributed by atoms with Gasteiger partial charge in [-0.05, 0) is 73.1 Å². The standard InChI is InChI=1S/C32H36N2O3S/c1-3-5-6-7-8-15-22-37-28-21-20-25(23-29(28)36-4-2)24-30-31(35)34(27-18-13-10-14-19-27)32(38-30)33-26-16-11-9-12-17-26/h9-14,16-21,23-24H,3-8,15,22H2,1-2H3/b30-24+,33-32?. The molecule has 1 saturated heterocycles. The zero-order valence-electron chi connectivity index (χ0n) is 22.3. The van der Waals surface area contributed by atoms with E-state index in [0.717, 1.165) is 29.1 Å². The van der Waals surface area contributed by atoms with E-state index < -0.39 is 0 Å². The number of carbonyl (C=O) groups is 1. The van der Waals surface area contributed by atoms with Crippen LogP contribution in [0, 0.1) is 0 Å². The first kappa shape index (κ1) is 27.5. The molecule has 0 aliphatic carbocycles. The molecule has 1 fully saturated rings. The van der Waals surface area contributed by atoms with Crippen LogP contribution in [0.3, 0.4) is 0 Å². The van der Waals surface area contributed by atoms with Crippen molar-refractivity contribution in [3.05, 3.63) is 89.3 Å². The zero-order chi connectivity index (χ0) is 26.6. The summed E-state index contributed by atoms with van der Waals surface area (Å²) in [5.41, 5.74) is 2.47. The minimum atomic E-state index is -0.0998. The molecule has 4 rings (SSSR count). The average molecular weight is 529 g/mol. The molecule has 0 spiro atoms. The lowest BCUT2D eigenvalue weighted by molar-refractivity contribution is -0.113. The fourth-order valence-corrected chi connectivity index (χ4v) is 5.19. The maximum absolute atomic E-state index is 13.6. The van der Waals surface area contributed by atoms with Gasteiger partial charge in [-0.25, -0.2) is 4.99 Å². The van der Waals surface area contributed by atoms with Crippen molar-refractivity contribution in [2.45, 2.75) is 52.4 Å². The van der Waals surface area contributed by atoms with Crippen molar-refractivity contribution in [3.63, 3.8) is 0 Å². The molecular formula is C32H36N2O3S. The number of hydrogen-bond acceptors (Lipinski definition) is 5. The summed E-state index contributed by atoms with van der Waals surface area (Å²) in [5, 5.41) is 0.627. The molecule has 0 radical (unpaired) electrons. The molecule has 6 heteroatoms. The first-order valence-electron chi connectivity index (χ1n) is 13.5. The highest BCUT2D eigenvalue weighted by Gasteiger charge is 2.34. The second-order valence-corrected chi connectivity index (χ2v) is 10.1. The highest BCUT2D eigenvalue weighted by Crippen LogP contribution is 2.38. The van der Waals surface area contributed by atoms with Gasteiger partial charge in [-0.3, -0.25) is 9.69 Å². The summed E-state index contributed by atoms with van der Waals surface area (Å²) in [7, 11) is 0. The first-order chi connectivity index (χ1) is 18.7. The smallest absolute Gasteiger partial charge is 0.271 e. The number of amidine groups is 1. The van der Waals surface area contributed by atoms with Crippen LogP contribution in [0.4, 0.5) is 11.4 Å². The molecule has 1 aliphatic heterocycles. The second kappa shape index (κ2) is 14.4. The number of aliphatic imine (C=N–C) groups is 1. The van der Waals surface area contributed by atoms with Gasteiger partial charge >= 0.3 is 0 Å². The molecule has 0 atom stereocenters. The van der Waals surface area contributed by atoms with E-state index in [1.807, 2.05) is 91.9 Å². The molecule has 0 aromatic heterocycles. The summed E-state index contributed by atoms with van der Waals surface area (Å²) in [5.74, 6) is 1.34. The van der Waals surface area contributed by atoms with Gasteiger partial charge in [0.05, 0.1) is 29.5 Å². The SMILES string of the molecule is CCCCCCCCOc1ccc(/C=C2/SC(=Nc3ccccc3)N(c3ccccc3)C2=O)cc1OCC. The van der Waals surface area contributed by atoms with Crippen LogP contribution in [-0.4, -0.2) is 24.3 Å². The van der Waals surface area contributed by atoms with Gasteiger partial charge in [0.25, 0.3) is 5.91 Å². The van der Waals surface area contributed by atoms with Crippen molar-refractivity contribution in [2.75, 3.05) is 18.1 Å². The van der Waals surface area contributed by atoms with Crippen molar-refractivity contribution in [2.24, 2.45) is 4.99 Å². The van der Waals surface area contributed by atoms with Gasteiger partial charge in [0.15, 0.2) is 16.7 Å². The number of anilines is 1. The minimum Gasteiger partial charge on any atom is -0.490 e. The summed E-state index contributed by atoms with van der Waals surface area (Å²) in [6, 6.07) is 25.2. The fraction of sp³-hybridized carbons (Fsp3) is 0.312. The van der Waals surface area contributed by atoms with E-state index in [2.05, 4.69) is 6.92 Å². The fourth-order valence-electron chi connectivity index (χ4n) is 4.18. The molecule has 1 aliphatic rings. The summed E-state index contributed by atoms with van der Waals surface area (Å²) >= 11 is 1.38. The molecular weight excluding hydrogens is 492 g/mol. The molecule has 0 bridgehead atoms. The summed E-state index contributed by atoms with van der Waals surface area (Å²) in [6.07, 6.45) is 9.21. The van der Waals surface area contributed by atoms with Gasteiger partial charge in [-0.1, -0.05) is 81.5 Å². The summed E-state index contributed by atoms with van der Waals surface area (Å²) in [6.45, 7) is 5.40. The van der Waals surface area contributed by atoms with E-state index in [0.29, 0.717) is 29.0 Å². The third kappa shape index (κ3) is 7.51. The average Bonchev–Trinajstić information content (AvgIpc) is 3.24. The van der Waals surface area contributed by atoms with Crippen LogP contribution in [0.5, 0.6) is 11.5 Å². The molecule has 1 heterocycles. The van der Waals surface area contributed by atoms with Crippen molar-refractivity contribution >= 4 is 40.3 Å². The molecule has 0 saturated carbocycles. The van der Waals surface area contributed by atoms with E-state index in [1.54, 1.807) is 4.90 Å². The van der Waals surface area contributed by atoms with Crippen LogP contribution >= 0.6 is 11.8 Å². The Bertz CT molecular complexity index is 1240. The Morgan fingerprint density at radius 2 is 1.53 bits per heavy atom. The minimum absolute atomic E-state index is 0.0998. The Labute approximate surface area is 230 Å². The summed E-state index contributed by atoms with van der Waals surface area (Å²) in [4.78, 5) is 20.6. The third-order valence-corrected chi connectivity index (χ3v) is 7.09. The van der Waals surface area contributed by atoms with Crippen molar-refractivity contribution in [1.29, 1.82) is 0 Å². The van der Waals surface area contributed by atoms with E-state index in [-0.39, 0.29) is 5.91 Å². The topological polar surface area (TPSA) is 51.1 Å². The van der Waals surface area contributed by atoms with E-state index in [1.165, 1.54) is 43.9 Å². The number of carbonyl (C=O) groups excluding carboxylic acids is 1. The first-order valence-corrected chi connectivity index (χ1v) is 14.3. The largest absolute Gasteiger partial charge is 0.490 e. The molecule has 198 valence electrons. The molecule has 5 nitrogen and oxygen atoms in total. The van der Waals surface area contributed by atoms with E-state index >= 15 is 0 Å². The number of amides is 1. The van der Waals surface area contributed by atoms with Gasteiger partial charge in [0.1, 0.15) is 0 Å². The Balaban J connectivity index is 1.53. The maximum Gasteiger partial charge on any atom is 0.271 e. The number of ether oxygens (including phenoxy) is 2. The third-order valence-electron chi connectivity index (χ3n) is 6.12. The van der Waals surface area contributed by atoms with Crippen LogP contribution in [0.25, 0.3) is 6.08 Å². The van der Waals surface area contributed by atoms with Crippen LogP contribution < -0.4 is 14.4 Å². The Morgan fingerprint density at radius 1 is 0.816 bits per heavy atom. The van der Waals surface area contributed by atoms with Gasteiger partial charge in [0, 0.05) is 0 Å². The van der Waals surface area contributed by atoms with Crippen molar-refractivity contribution < 1.29 is 14.3 Å². The van der Waals surface area contributed by atoms with Crippen LogP contribution in [0.15, 0.2) is 88.8 Å². The number of nitrogens with zero attached hydrogens (tertiary/aromatic N) is 2. The molecule has 3 aromatic rings. The number of para-hydroxylation sites is 2. The molecule has 0 unspecified atom stereocenters. The van der Waals surface area contributed by atoms with Crippen LogP contribution in [0.1, 0.15) is 57.9 Å². The summed E-state index contributed by atoms with van der Waals surface area (Å²) < 4.78 is 11.9.